The van der Waals surface area contributed by atoms with Crippen molar-refractivity contribution in [2.75, 3.05) is 25.5 Å². The average molecular weight is 413 g/mol. The van der Waals surface area contributed by atoms with Crippen LogP contribution in [0.15, 0.2) is 42.5 Å². The van der Waals surface area contributed by atoms with E-state index in [1.807, 2.05) is 50.4 Å². The van der Waals surface area contributed by atoms with Crippen LogP contribution in [0, 0.1) is 30.1 Å². The molecule has 0 aromatic heterocycles. The van der Waals surface area contributed by atoms with Crippen molar-refractivity contribution in [2.45, 2.75) is 20.8 Å². The molecule has 0 fully saturated rings. The third-order valence-corrected chi connectivity index (χ3v) is 4.23. The van der Waals surface area contributed by atoms with E-state index in [0.717, 1.165) is 23.4 Å². The Bertz CT molecular complexity index is 928. The van der Waals surface area contributed by atoms with E-state index in [9.17, 15) is 4.79 Å². The number of rotatable bonds is 6. The highest BCUT2D eigenvalue weighted by molar-refractivity contribution is 5.96. The first-order valence-corrected chi connectivity index (χ1v) is 9.31. The number of aryl methyl sites for hydroxylation is 1. The van der Waals surface area contributed by atoms with Crippen molar-refractivity contribution < 1.29 is 4.79 Å². The lowest BCUT2D eigenvalue weighted by Gasteiger charge is -2.20. The fourth-order valence-corrected chi connectivity index (χ4v) is 2.91. The number of nitrogen functional groups attached to an aromatic ring is 1. The molecule has 0 radical (unpaired) electrons. The van der Waals surface area contributed by atoms with Crippen LogP contribution in [-0.4, -0.2) is 36.8 Å². The molecule has 4 N–H and O–H groups in total. The van der Waals surface area contributed by atoms with Crippen LogP contribution in [0.4, 0.5) is 5.69 Å². The van der Waals surface area contributed by atoms with Gasteiger partial charge >= 0.3 is 0 Å². The summed E-state index contributed by atoms with van der Waals surface area (Å²) < 4.78 is 0. The highest BCUT2D eigenvalue weighted by atomic mass is 35.5. The number of halogens is 1. The normalized spacial score (nSPS) is 9.83. The van der Waals surface area contributed by atoms with Gasteiger partial charge in [0.2, 0.25) is 0 Å². The fourth-order valence-electron chi connectivity index (χ4n) is 2.91. The number of nitrogens with zero attached hydrogens (tertiary/aromatic N) is 1. The van der Waals surface area contributed by atoms with Gasteiger partial charge in [-0.25, -0.2) is 0 Å². The number of amidine groups is 1. The Labute approximate surface area is 179 Å². The third kappa shape index (κ3) is 7.17. The van der Waals surface area contributed by atoms with Gasteiger partial charge in [-0.05, 0) is 48.7 Å². The molecule has 6 heteroatoms. The number of carbonyl (C=O) groups excluding carboxylic acids is 1. The van der Waals surface area contributed by atoms with E-state index in [1.165, 1.54) is 0 Å². The van der Waals surface area contributed by atoms with Crippen molar-refractivity contribution in [3.63, 3.8) is 0 Å². The minimum absolute atomic E-state index is 0. The molecule has 5 nitrogen and oxygen atoms in total. The number of hydrogen-bond donors (Lipinski definition) is 3. The minimum atomic E-state index is 0. The Hall–Kier alpha value is -2.97. The molecule has 0 atom stereocenters. The lowest BCUT2D eigenvalue weighted by molar-refractivity contribution is 0.0778. The van der Waals surface area contributed by atoms with Gasteiger partial charge in [0.25, 0.3) is 5.91 Å². The van der Waals surface area contributed by atoms with E-state index < -0.39 is 0 Å². The molecule has 29 heavy (non-hydrogen) atoms. The van der Waals surface area contributed by atoms with Crippen LogP contribution < -0.4 is 11.1 Å². The molecule has 2 rings (SSSR count). The highest BCUT2D eigenvalue weighted by Gasteiger charge is 2.14. The van der Waals surface area contributed by atoms with E-state index in [-0.39, 0.29) is 24.1 Å². The summed E-state index contributed by atoms with van der Waals surface area (Å²) in [7, 11) is 1.84. The lowest BCUT2D eigenvalue weighted by atomic mass is 10.0. The quantitative estimate of drug-likeness (QED) is 0.382. The monoisotopic (exact) mass is 412 g/mol. The zero-order chi connectivity index (χ0) is 20.7. The summed E-state index contributed by atoms with van der Waals surface area (Å²) in [4.78, 5) is 14.3. The zero-order valence-electron chi connectivity index (χ0n) is 17.4. The van der Waals surface area contributed by atoms with Gasteiger partial charge in [-0.1, -0.05) is 37.8 Å². The topological polar surface area (TPSA) is 82.2 Å². The van der Waals surface area contributed by atoms with Crippen molar-refractivity contribution in [2.24, 2.45) is 11.7 Å². The summed E-state index contributed by atoms with van der Waals surface area (Å²) in [6.45, 7) is 7.33. The molecule has 0 bridgehead atoms. The third-order valence-electron chi connectivity index (χ3n) is 4.23. The van der Waals surface area contributed by atoms with Crippen molar-refractivity contribution in [3.05, 3.63) is 64.7 Å². The van der Waals surface area contributed by atoms with Crippen LogP contribution in [-0.2, 0) is 0 Å². The van der Waals surface area contributed by atoms with Crippen molar-refractivity contribution in [1.29, 1.82) is 5.41 Å². The van der Waals surface area contributed by atoms with Crippen molar-refractivity contribution in [3.8, 4) is 11.8 Å². The Kier molecular flexibility index (Phi) is 9.24. The molecule has 0 spiro atoms. The maximum absolute atomic E-state index is 12.6. The van der Waals surface area contributed by atoms with E-state index >= 15 is 0 Å². The molecule has 2 aromatic rings. The van der Waals surface area contributed by atoms with Crippen LogP contribution in [0.2, 0.25) is 0 Å². The molecule has 2 aromatic carbocycles. The number of hydrogen-bond acceptors (Lipinski definition) is 3. The molecule has 0 aliphatic carbocycles. The molecule has 154 valence electrons. The molecule has 0 unspecified atom stereocenters. The van der Waals surface area contributed by atoms with Gasteiger partial charge in [-0.3, -0.25) is 10.2 Å². The van der Waals surface area contributed by atoms with Crippen LogP contribution >= 0.6 is 12.4 Å². The predicted molar refractivity (Wildman–Crippen MR) is 123 cm³/mol. The first-order valence-electron chi connectivity index (χ1n) is 9.31. The Balaban J connectivity index is 0.00000420. The maximum Gasteiger partial charge on any atom is 0.253 e. The average Bonchev–Trinajstić information content (AvgIpc) is 2.64. The molecular formula is C23H29ClN4O. The van der Waals surface area contributed by atoms with Crippen LogP contribution in [0.3, 0.4) is 0 Å². The van der Waals surface area contributed by atoms with Gasteiger partial charge in [0.05, 0.1) is 6.54 Å². The number of amides is 1. The Morgan fingerprint density at radius 1 is 1.24 bits per heavy atom. The van der Waals surface area contributed by atoms with E-state index in [1.54, 1.807) is 11.0 Å². The predicted octanol–water partition coefficient (Wildman–Crippen LogP) is 3.89. The van der Waals surface area contributed by atoms with Crippen molar-refractivity contribution >= 4 is 29.8 Å². The second-order valence-corrected chi connectivity index (χ2v) is 7.26. The molecule has 0 aliphatic rings. The molecule has 0 saturated carbocycles. The van der Waals surface area contributed by atoms with Crippen molar-refractivity contribution in [1.82, 2.24) is 4.90 Å². The number of anilines is 1. The van der Waals surface area contributed by atoms with Gasteiger partial charge in [0, 0.05) is 36.0 Å². The largest absolute Gasteiger partial charge is 0.384 e. The zero-order valence-corrected chi connectivity index (χ0v) is 18.2. The highest BCUT2D eigenvalue weighted by Crippen LogP contribution is 2.14. The smallest absolute Gasteiger partial charge is 0.253 e. The Morgan fingerprint density at radius 3 is 2.59 bits per heavy atom. The molecule has 0 heterocycles. The van der Waals surface area contributed by atoms with E-state index in [0.29, 0.717) is 23.6 Å². The van der Waals surface area contributed by atoms with Gasteiger partial charge in [0.1, 0.15) is 5.84 Å². The molecule has 0 saturated heterocycles. The second-order valence-electron chi connectivity index (χ2n) is 7.26. The van der Waals surface area contributed by atoms with E-state index in [2.05, 4.69) is 31.0 Å². The summed E-state index contributed by atoms with van der Waals surface area (Å²) in [5.74, 6) is 6.71. The SMILES string of the molecule is Cc1cc(C#CCNc2cccc(C(=N)N)c2)ccc1C(=O)N(C)CC(C)C.Cl. The standard InChI is InChI=1S/C23H28N4O.ClH/c1-16(2)15-27(4)23(28)21-11-10-18(13-17(21)3)7-6-12-26-20-9-5-8-19(14-20)22(24)25;/h5,8-11,13-14,16,26H,12,15H2,1-4H3,(H3,24,25);1H. The van der Waals surface area contributed by atoms with Gasteiger partial charge in [0.15, 0.2) is 0 Å². The first kappa shape index (κ1) is 24.1. The summed E-state index contributed by atoms with van der Waals surface area (Å²) in [6, 6.07) is 13.1. The number of nitrogens with one attached hydrogen (secondary N) is 2. The number of carbonyl (C=O) groups is 1. The van der Waals surface area contributed by atoms with Gasteiger partial charge in [-0.15, -0.1) is 12.4 Å². The Morgan fingerprint density at radius 2 is 1.97 bits per heavy atom. The van der Waals surface area contributed by atoms with Gasteiger partial charge < -0.3 is 16.0 Å². The number of nitrogens with two attached hydrogens (primary N) is 1. The number of benzene rings is 2. The van der Waals surface area contributed by atoms with Crippen LogP contribution in [0.1, 0.15) is 40.9 Å². The van der Waals surface area contributed by atoms with E-state index in [4.69, 9.17) is 11.1 Å². The summed E-state index contributed by atoms with van der Waals surface area (Å²) in [5.41, 5.74) is 9.56. The molecular weight excluding hydrogens is 384 g/mol. The minimum Gasteiger partial charge on any atom is -0.384 e. The molecule has 1 amide bonds. The summed E-state index contributed by atoms with van der Waals surface area (Å²) in [5, 5.41) is 10.7. The van der Waals surface area contributed by atoms with Crippen LogP contribution in [0.5, 0.6) is 0 Å². The van der Waals surface area contributed by atoms with Gasteiger partial charge in [-0.2, -0.15) is 0 Å². The maximum atomic E-state index is 12.6. The lowest BCUT2D eigenvalue weighted by Crippen LogP contribution is -2.30. The second kappa shape index (κ2) is 11.1. The fraction of sp³-hybridized carbons (Fsp3) is 0.304. The summed E-state index contributed by atoms with van der Waals surface area (Å²) in [6.07, 6.45) is 0. The summed E-state index contributed by atoms with van der Waals surface area (Å²) >= 11 is 0. The first-order chi connectivity index (χ1) is 13.3. The van der Waals surface area contributed by atoms with Crippen LogP contribution in [0.25, 0.3) is 0 Å². The molecule has 0 aliphatic heterocycles.